The number of carbonyl (C=O) groups is 1. The molecule has 0 atom stereocenters. The average molecular weight is 303 g/mol. The first kappa shape index (κ1) is 13.8. The summed E-state index contributed by atoms with van der Waals surface area (Å²) in [5.74, 6) is 3.22. The zero-order chi connectivity index (χ0) is 14.4. The molecule has 4 aliphatic rings. The third kappa shape index (κ3) is 2.77. The lowest BCUT2D eigenvalue weighted by atomic mass is 9.48. The molecule has 5 rings (SSSR count). The molecule has 0 aromatic heterocycles. The number of halogens is 1. The van der Waals surface area contributed by atoms with Gasteiger partial charge in [0.25, 0.3) is 0 Å². The Balaban J connectivity index is 1.43. The van der Waals surface area contributed by atoms with Gasteiger partial charge in [-0.15, -0.1) is 0 Å². The van der Waals surface area contributed by atoms with Crippen molar-refractivity contribution in [3.63, 3.8) is 0 Å². The summed E-state index contributed by atoms with van der Waals surface area (Å²) in [5, 5.41) is 0.743. The van der Waals surface area contributed by atoms with Gasteiger partial charge >= 0.3 is 0 Å². The lowest BCUT2D eigenvalue weighted by Crippen LogP contribution is -2.47. The third-order valence-electron chi connectivity index (χ3n) is 6.05. The summed E-state index contributed by atoms with van der Waals surface area (Å²) in [5.41, 5.74) is 1.48. The molecule has 21 heavy (non-hydrogen) atoms. The Morgan fingerprint density at radius 1 is 1.00 bits per heavy atom. The van der Waals surface area contributed by atoms with E-state index in [1.54, 1.807) is 0 Å². The summed E-state index contributed by atoms with van der Waals surface area (Å²) in [4.78, 5) is 12.5. The minimum atomic E-state index is 0.373. The van der Waals surface area contributed by atoms with Crippen LogP contribution in [0.5, 0.6) is 0 Å². The zero-order valence-corrected chi connectivity index (χ0v) is 13.2. The van der Waals surface area contributed by atoms with E-state index in [-0.39, 0.29) is 0 Å². The van der Waals surface area contributed by atoms with Crippen LogP contribution < -0.4 is 0 Å². The second-order valence-electron chi connectivity index (χ2n) is 7.94. The molecule has 0 aliphatic heterocycles. The molecule has 0 spiro atoms. The van der Waals surface area contributed by atoms with Gasteiger partial charge in [-0.05, 0) is 79.4 Å². The van der Waals surface area contributed by atoms with Crippen molar-refractivity contribution < 1.29 is 4.79 Å². The van der Waals surface area contributed by atoms with Gasteiger partial charge in [0, 0.05) is 17.9 Å². The van der Waals surface area contributed by atoms with Gasteiger partial charge in [0.05, 0.1) is 0 Å². The lowest BCUT2D eigenvalue weighted by Gasteiger charge is -2.56. The summed E-state index contributed by atoms with van der Waals surface area (Å²) in [6.07, 6.45) is 9.72. The minimum absolute atomic E-state index is 0.373. The van der Waals surface area contributed by atoms with E-state index in [4.69, 9.17) is 11.6 Å². The normalized spacial score (nSPS) is 36.9. The number of rotatable bonds is 4. The van der Waals surface area contributed by atoms with Crippen molar-refractivity contribution in [3.05, 3.63) is 34.9 Å². The Bertz CT molecular complexity index is 510. The summed E-state index contributed by atoms with van der Waals surface area (Å²) < 4.78 is 0. The molecule has 4 aliphatic carbocycles. The Hall–Kier alpha value is -0.820. The SMILES string of the molecule is O=C(Cc1ccc(Cl)cc1)CC12CC3CC(CC(C3)C1)C2. The van der Waals surface area contributed by atoms with E-state index in [1.165, 1.54) is 38.5 Å². The van der Waals surface area contributed by atoms with Gasteiger partial charge in [-0.2, -0.15) is 0 Å². The molecule has 0 saturated heterocycles. The highest BCUT2D eigenvalue weighted by Crippen LogP contribution is 2.61. The monoisotopic (exact) mass is 302 g/mol. The second-order valence-corrected chi connectivity index (χ2v) is 8.37. The first-order chi connectivity index (χ1) is 10.1. The van der Waals surface area contributed by atoms with Crippen molar-refractivity contribution in [2.45, 2.75) is 51.4 Å². The van der Waals surface area contributed by atoms with Crippen molar-refractivity contribution in [2.24, 2.45) is 23.2 Å². The van der Waals surface area contributed by atoms with E-state index in [1.807, 2.05) is 24.3 Å². The molecule has 2 heteroatoms. The Morgan fingerprint density at radius 2 is 1.52 bits per heavy atom. The van der Waals surface area contributed by atoms with Crippen LogP contribution in [0.25, 0.3) is 0 Å². The standard InChI is InChI=1S/C19H23ClO/c20-17-3-1-13(2-4-17)8-18(21)12-19-9-14-5-15(10-19)7-16(6-14)11-19/h1-4,14-16H,5-12H2. The highest BCUT2D eigenvalue weighted by atomic mass is 35.5. The average Bonchev–Trinajstić information content (AvgIpc) is 2.39. The number of Topliss-reactive ketones (excluding diaryl/α,β-unsaturated/α-hetero) is 1. The maximum Gasteiger partial charge on any atom is 0.137 e. The quantitative estimate of drug-likeness (QED) is 0.760. The maximum atomic E-state index is 12.5. The number of hydrogen-bond donors (Lipinski definition) is 0. The molecule has 0 N–H and O–H groups in total. The van der Waals surface area contributed by atoms with Crippen LogP contribution in [-0.4, -0.2) is 5.78 Å². The first-order valence-corrected chi connectivity index (χ1v) is 8.74. The number of hydrogen-bond acceptors (Lipinski definition) is 1. The second kappa shape index (κ2) is 5.12. The fourth-order valence-corrected chi connectivity index (χ4v) is 5.94. The molecule has 0 heterocycles. The Labute approximate surface area is 132 Å². The number of carbonyl (C=O) groups excluding carboxylic acids is 1. The summed E-state index contributed by atoms with van der Waals surface area (Å²) in [7, 11) is 0. The van der Waals surface area contributed by atoms with Gasteiger partial charge in [0.15, 0.2) is 0 Å². The molecular weight excluding hydrogens is 280 g/mol. The van der Waals surface area contributed by atoms with E-state index >= 15 is 0 Å². The van der Waals surface area contributed by atoms with Crippen molar-refractivity contribution >= 4 is 17.4 Å². The van der Waals surface area contributed by atoms with E-state index in [0.717, 1.165) is 34.8 Å². The van der Waals surface area contributed by atoms with Crippen LogP contribution in [0.15, 0.2) is 24.3 Å². The van der Waals surface area contributed by atoms with Gasteiger partial charge in [-0.25, -0.2) is 0 Å². The van der Waals surface area contributed by atoms with Gasteiger partial charge < -0.3 is 0 Å². The molecule has 1 aromatic carbocycles. The van der Waals surface area contributed by atoms with Gasteiger partial charge in [0.2, 0.25) is 0 Å². The predicted molar refractivity (Wildman–Crippen MR) is 85.4 cm³/mol. The van der Waals surface area contributed by atoms with Crippen LogP contribution in [0.1, 0.15) is 50.5 Å². The molecule has 4 fully saturated rings. The van der Waals surface area contributed by atoms with Gasteiger partial charge in [0.1, 0.15) is 5.78 Å². The highest BCUT2D eigenvalue weighted by molar-refractivity contribution is 6.30. The molecule has 0 amide bonds. The molecule has 4 saturated carbocycles. The predicted octanol–water partition coefficient (Wildman–Crippen LogP) is 5.06. The van der Waals surface area contributed by atoms with E-state index in [0.29, 0.717) is 17.6 Å². The molecule has 0 radical (unpaired) electrons. The van der Waals surface area contributed by atoms with Crippen molar-refractivity contribution in [1.82, 2.24) is 0 Å². The maximum absolute atomic E-state index is 12.5. The van der Waals surface area contributed by atoms with E-state index in [9.17, 15) is 4.79 Å². The summed E-state index contributed by atoms with van der Waals surface area (Å²) in [6.45, 7) is 0. The molecule has 1 aromatic rings. The van der Waals surface area contributed by atoms with Crippen LogP contribution in [0.2, 0.25) is 5.02 Å². The summed E-state index contributed by atoms with van der Waals surface area (Å²) >= 11 is 5.91. The largest absolute Gasteiger partial charge is 0.299 e. The molecule has 112 valence electrons. The molecule has 4 bridgehead atoms. The third-order valence-corrected chi connectivity index (χ3v) is 6.30. The van der Waals surface area contributed by atoms with Crippen molar-refractivity contribution in [1.29, 1.82) is 0 Å². The van der Waals surface area contributed by atoms with Crippen LogP contribution in [0.3, 0.4) is 0 Å². The molecule has 1 nitrogen and oxygen atoms in total. The number of benzene rings is 1. The van der Waals surface area contributed by atoms with Crippen molar-refractivity contribution in [3.8, 4) is 0 Å². The van der Waals surface area contributed by atoms with Crippen molar-refractivity contribution in [2.75, 3.05) is 0 Å². The summed E-state index contributed by atoms with van der Waals surface area (Å²) in [6, 6.07) is 7.74. The Kier molecular flexibility index (Phi) is 3.37. The molecular formula is C19H23ClO. The van der Waals surface area contributed by atoms with E-state index < -0.39 is 0 Å². The fourth-order valence-electron chi connectivity index (χ4n) is 5.82. The minimum Gasteiger partial charge on any atom is -0.299 e. The van der Waals surface area contributed by atoms with Crippen LogP contribution in [0.4, 0.5) is 0 Å². The smallest absolute Gasteiger partial charge is 0.137 e. The van der Waals surface area contributed by atoms with Crippen LogP contribution in [0, 0.1) is 23.2 Å². The fraction of sp³-hybridized carbons (Fsp3) is 0.632. The lowest BCUT2D eigenvalue weighted by molar-refractivity contribution is -0.126. The van der Waals surface area contributed by atoms with Crippen LogP contribution >= 0.6 is 11.6 Å². The zero-order valence-electron chi connectivity index (χ0n) is 12.5. The topological polar surface area (TPSA) is 17.1 Å². The van der Waals surface area contributed by atoms with E-state index in [2.05, 4.69) is 0 Å². The first-order valence-electron chi connectivity index (χ1n) is 8.36. The molecule has 0 unspecified atom stereocenters. The van der Waals surface area contributed by atoms with Gasteiger partial charge in [-0.1, -0.05) is 23.7 Å². The number of ketones is 1. The Morgan fingerprint density at radius 3 is 2.05 bits per heavy atom. The van der Waals surface area contributed by atoms with Crippen LogP contribution in [-0.2, 0) is 11.2 Å². The highest BCUT2D eigenvalue weighted by Gasteiger charge is 2.51. The van der Waals surface area contributed by atoms with Gasteiger partial charge in [-0.3, -0.25) is 4.79 Å².